The number of aliphatic carboxylic acids is 1. The lowest BCUT2D eigenvalue weighted by Crippen LogP contribution is -2.26. The number of hydrogen-bond donors (Lipinski definition) is 2. The number of thiophene rings is 1. The lowest BCUT2D eigenvalue weighted by molar-refractivity contribution is -0.137. The Morgan fingerprint density at radius 1 is 1.35 bits per heavy atom. The molecule has 0 aliphatic rings. The van der Waals surface area contributed by atoms with E-state index >= 15 is 0 Å². The van der Waals surface area contributed by atoms with Gasteiger partial charge in [0.2, 0.25) is 0 Å². The van der Waals surface area contributed by atoms with Crippen LogP contribution in [0.3, 0.4) is 0 Å². The molecule has 0 aliphatic carbocycles. The first-order chi connectivity index (χ1) is 9.58. The highest BCUT2D eigenvalue weighted by atomic mass is 32.1. The van der Waals surface area contributed by atoms with Gasteiger partial charge in [0.15, 0.2) is 0 Å². The number of rotatable bonds is 9. The summed E-state index contributed by atoms with van der Waals surface area (Å²) in [5.41, 5.74) is 1.09. The van der Waals surface area contributed by atoms with Crippen molar-refractivity contribution in [2.24, 2.45) is 5.92 Å². The zero-order chi connectivity index (χ0) is 15.0. The molecule has 2 N–H and O–H groups in total. The summed E-state index contributed by atoms with van der Waals surface area (Å²) in [6.07, 6.45) is 3.53. The van der Waals surface area contributed by atoms with Crippen LogP contribution in [0.2, 0.25) is 0 Å². The van der Waals surface area contributed by atoms with Gasteiger partial charge in [0.05, 0.1) is 4.88 Å². The Labute approximate surface area is 124 Å². The van der Waals surface area contributed by atoms with Crippen LogP contribution in [0, 0.1) is 5.92 Å². The van der Waals surface area contributed by atoms with Gasteiger partial charge in [-0.05, 0) is 42.2 Å². The van der Waals surface area contributed by atoms with Crippen molar-refractivity contribution in [2.45, 2.75) is 46.0 Å². The van der Waals surface area contributed by atoms with Gasteiger partial charge in [-0.25, -0.2) is 0 Å². The smallest absolute Gasteiger partial charge is 0.303 e. The molecule has 1 aromatic rings. The van der Waals surface area contributed by atoms with Crippen molar-refractivity contribution < 1.29 is 14.7 Å². The van der Waals surface area contributed by atoms with Crippen LogP contribution in [0.4, 0.5) is 0 Å². The predicted octanol–water partition coefficient (Wildman–Crippen LogP) is 3.32. The lowest BCUT2D eigenvalue weighted by atomic mass is 9.96. The zero-order valence-electron chi connectivity index (χ0n) is 12.1. The van der Waals surface area contributed by atoms with E-state index in [0.717, 1.165) is 29.7 Å². The number of carbonyl (C=O) groups excluding carboxylic acids is 1. The molecule has 0 fully saturated rings. The molecule has 1 rings (SSSR count). The summed E-state index contributed by atoms with van der Waals surface area (Å²) in [7, 11) is 0. The van der Waals surface area contributed by atoms with Crippen LogP contribution in [-0.2, 0) is 11.2 Å². The van der Waals surface area contributed by atoms with E-state index in [1.165, 1.54) is 11.3 Å². The van der Waals surface area contributed by atoms with Crippen molar-refractivity contribution in [2.75, 3.05) is 6.54 Å². The van der Waals surface area contributed by atoms with Gasteiger partial charge in [-0.3, -0.25) is 9.59 Å². The van der Waals surface area contributed by atoms with Gasteiger partial charge in [0, 0.05) is 13.0 Å². The van der Waals surface area contributed by atoms with E-state index < -0.39 is 5.97 Å². The van der Waals surface area contributed by atoms with Crippen LogP contribution in [0.5, 0.6) is 0 Å². The Kier molecular flexibility index (Phi) is 7.30. The molecule has 1 aromatic heterocycles. The van der Waals surface area contributed by atoms with Gasteiger partial charge >= 0.3 is 5.97 Å². The van der Waals surface area contributed by atoms with E-state index in [2.05, 4.69) is 12.2 Å². The van der Waals surface area contributed by atoms with E-state index in [4.69, 9.17) is 5.11 Å². The van der Waals surface area contributed by atoms with Gasteiger partial charge < -0.3 is 10.4 Å². The lowest BCUT2D eigenvalue weighted by Gasteiger charge is -2.14. The summed E-state index contributed by atoms with van der Waals surface area (Å²) in [4.78, 5) is 23.4. The summed E-state index contributed by atoms with van der Waals surface area (Å²) in [5, 5.41) is 13.6. The minimum absolute atomic E-state index is 0.00932. The van der Waals surface area contributed by atoms with E-state index in [1.807, 2.05) is 18.4 Å². The fraction of sp³-hybridized carbons (Fsp3) is 0.600. The average Bonchev–Trinajstić information content (AvgIpc) is 2.90. The van der Waals surface area contributed by atoms with Crippen LogP contribution < -0.4 is 5.32 Å². The summed E-state index contributed by atoms with van der Waals surface area (Å²) in [6.45, 7) is 4.71. The van der Waals surface area contributed by atoms with Gasteiger partial charge in [-0.2, -0.15) is 0 Å². The van der Waals surface area contributed by atoms with Crippen LogP contribution in [0.25, 0.3) is 0 Å². The standard InChI is InChI=1S/C15H23NO3S/c1-3-11(5-6-13(17)18)7-9-16-15(19)14-12(4-2)8-10-20-14/h8,10-11H,3-7,9H2,1-2H3,(H,16,19)(H,17,18). The topological polar surface area (TPSA) is 66.4 Å². The highest BCUT2D eigenvalue weighted by molar-refractivity contribution is 7.12. The number of carbonyl (C=O) groups is 2. The molecule has 0 aliphatic heterocycles. The number of carboxylic acids is 1. The minimum atomic E-state index is -0.751. The molecule has 20 heavy (non-hydrogen) atoms. The molecular weight excluding hydrogens is 274 g/mol. The number of aryl methyl sites for hydroxylation is 1. The largest absolute Gasteiger partial charge is 0.481 e. The third kappa shape index (κ3) is 5.33. The number of carboxylic acid groups (broad SMARTS) is 1. The molecule has 1 unspecified atom stereocenters. The second-order valence-corrected chi connectivity index (χ2v) is 5.80. The van der Waals surface area contributed by atoms with Crippen molar-refractivity contribution in [3.05, 3.63) is 21.9 Å². The van der Waals surface area contributed by atoms with Crippen LogP contribution in [-0.4, -0.2) is 23.5 Å². The normalized spacial score (nSPS) is 12.1. The maximum atomic E-state index is 12.0. The second kappa shape index (κ2) is 8.74. The van der Waals surface area contributed by atoms with Crippen molar-refractivity contribution in [1.29, 1.82) is 0 Å². The van der Waals surface area contributed by atoms with Crippen molar-refractivity contribution in [3.8, 4) is 0 Å². The van der Waals surface area contributed by atoms with Crippen molar-refractivity contribution >= 4 is 23.2 Å². The molecule has 1 amide bonds. The minimum Gasteiger partial charge on any atom is -0.481 e. The number of hydrogen-bond acceptors (Lipinski definition) is 3. The molecule has 0 bridgehead atoms. The zero-order valence-corrected chi connectivity index (χ0v) is 13.0. The fourth-order valence-electron chi connectivity index (χ4n) is 2.16. The highest BCUT2D eigenvalue weighted by Crippen LogP contribution is 2.18. The first kappa shape index (κ1) is 16.7. The summed E-state index contributed by atoms with van der Waals surface area (Å²) >= 11 is 1.47. The molecule has 0 spiro atoms. The van der Waals surface area contributed by atoms with Gasteiger partial charge in [-0.1, -0.05) is 20.3 Å². The van der Waals surface area contributed by atoms with E-state index in [1.54, 1.807) is 0 Å². The Hall–Kier alpha value is -1.36. The monoisotopic (exact) mass is 297 g/mol. The Morgan fingerprint density at radius 2 is 2.10 bits per heavy atom. The molecule has 112 valence electrons. The van der Waals surface area contributed by atoms with Gasteiger partial charge in [0.1, 0.15) is 0 Å². The molecule has 0 aromatic carbocycles. The Balaban J connectivity index is 2.35. The van der Waals surface area contributed by atoms with Crippen LogP contribution in [0.1, 0.15) is 54.8 Å². The third-order valence-electron chi connectivity index (χ3n) is 3.52. The van der Waals surface area contributed by atoms with Gasteiger partial charge in [0.25, 0.3) is 5.91 Å². The van der Waals surface area contributed by atoms with Gasteiger partial charge in [-0.15, -0.1) is 11.3 Å². The number of nitrogens with one attached hydrogen (secondary N) is 1. The van der Waals surface area contributed by atoms with Crippen LogP contribution >= 0.6 is 11.3 Å². The average molecular weight is 297 g/mol. The SMILES string of the molecule is CCc1ccsc1C(=O)NCCC(CC)CCC(=O)O. The van der Waals surface area contributed by atoms with Crippen molar-refractivity contribution in [3.63, 3.8) is 0 Å². The van der Waals surface area contributed by atoms with Crippen LogP contribution in [0.15, 0.2) is 11.4 Å². The summed E-state index contributed by atoms with van der Waals surface area (Å²) in [6, 6.07) is 1.99. The first-order valence-electron chi connectivity index (χ1n) is 7.14. The molecule has 0 saturated carbocycles. The molecule has 0 saturated heterocycles. The van der Waals surface area contributed by atoms with Crippen molar-refractivity contribution in [1.82, 2.24) is 5.32 Å². The predicted molar refractivity (Wildman–Crippen MR) is 81.3 cm³/mol. The summed E-state index contributed by atoms with van der Waals surface area (Å²) < 4.78 is 0. The van der Waals surface area contributed by atoms with E-state index in [-0.39, 0.29) is 12.3 Å². The number of amides is 1. The quantitative estimate of drug-likeness (QED) is 0.735. The van der Waals surface area contributed by atoms with E-state index in [0.29, 0.717) is 18.9 Å². The molecule has 5 heteroatoms. The molecule has 4 nitrogen and oxygen atoms in total. The maximum absolute atomic E-state index is 12.0. The highest BCUT2D eigenvalue weighted by Gasteiger charge is 2.13. The molecule has 0 radical (unpaired) electrons. The molecule has 1 atom stereocenters. The second-order valence-electron chi connectivity index (χ2n) is 4.88. The Bertz CT molecular complexity index is 442. The Morgan fingerprint density at radius 3 is 2.70 bits per heavy atom. The fourth-order valence-corrected chi connectivity index (χ4v) is 3.07. The maximum Gasteiger partial charge on any atom is 0.303 e. The first-order valence-corrected chi connectivity index (χ1v) is 8.02. The molecular formula is C15H23NO3S. The molecule has 1 heterocycles. The van der Waals surface area contributed by atoms with E-state index in [9.17, 15) is 9.59 Å². The summed E-state index contributed by atoms with van der Waals surface area (Å²) in [5.74, 6) is -0.399. The third-order valence-corrected chi connectivity index (χ3v) is 4.47.